The second-order valence-electron chi connectivity index (χ2n) is 3.64. The van der Waals surface area contributed by atoms with Crippen molar-refractivity contribution in [3.8, 4) is 5.75 Å². The fraction of sp³-hybridized carbons (Fsp3) is 0.250. The Morgan fingerprint density at radius 1 is 1.50 bits per heavy atom. The molecule has 2 rings (SSSR count). The minimum atomic E-state index is 0.643. The van der Waals surface area contributed by atoms with Gasteiger partial charge in [-0.1, -0.05) is 11.8 Å². The highest BCUT2D eigenvalue weighted by Gasteiger charge is 2.07. The van der Waals surface area contributed by atoms with Crippen LogP contribution in [0.2, 0.25) is 0 Å². The third-order valence-corrected chi connectivity index (χ3v) is 3.55. The van der Waals surface area contributed by atoms with Crippen LogP contribution in [0.5, 0.6) is 5.75 Å². The first-order valence-corrected chi connectivity index (χ1v) is 6.32. The van der Waals surface area contributed by atoms with E-state index in [4.69, 9.17) is 4.74 Å². The molecule has 0 radical (unpaired) electrons. The molecule has 6 heteroatoms. The molecule has 1 aromatic carbocycles. The summed E-state index contributed by atoms with van der Waals surface area (Å²) in [6.45, 7) is 0. The fourth-order valence-corrected chi connectivity index (χ4v) is 2.41. The van der Waals surface area contributed by atoms with Crippen molar-refractivity contribution in [2.24, 2.45) is 7.05 Å². The topological polar surface area (TPSA) is 57.0 Å². The molecule has 2 aromatic rings. The predicted octanol–water partition coefficient (Wildman–Crippen LogP) is 1.93. The van der Waals surface area contributed by atoms with Crippen LogP contribution in [-0.2, 0) is 12.8 Å². The lowest BCUT2D eigenvalue weighted by Gasteiger charge is -2.08. The van der Waals surface area contributed by atoms with Gasteiger partial charge in [0.25, 0.3) is 0 Å². The van der Waals surface area contributed by atoms with E-state index in [1.807, 2.05) is 13.1 Å². The van der Waals surface area contributed by atoms with Gasteiger partial charge in [0.15, 0.2) is 5.16 Å². The van der Waals surface area contributed by atoms with Gasteiger partial charge in [0.2, 0.25) is 0 Å². The van der Waals surface area contributed by atoms with Gasteiger partial charge < -0.3 is 4.74 Å². The Hall–Kier alpha value is -1.82. The van der Waals surface area contributed by atoms with Gasteiger partial charge in [0.05, 0.1) is 7.11 Å². The van der Waals surface area contributed by atoms with E-state index in [-0.39, 0.29) is 0 Å². The minimum absolute atomic E-state index is 0.643. The average Bonchev–Trinajstić information content (AvgIpc) is 2.81. The van der Waals surface area contributed by atoms with E-state index in [2.05, 4.69) is 10.1 Å². The number of carbonyl (C=O) groups is 1. The first-order valence-electron chi connectivity index (χ1n) is 5.33. The number of carbonyl (C=O) groups excluding carboxylic acids is 1. The van der Waals surface area contributed by atoms with Crippen LogP contribution in [0, 0.1) is 0 Å². The Balaban J connectivity index is 2.17. The Bertz CT molecular complexity index is 554. The van der Waals surface area contributed by atoms with E-state index in [9.17, 15) is 4.79 Å². The number of aryl methyl sites for hydroxylation is 1. The molecule has 0 N–H and O–H groups in total. The molecule has 5 nitrogen and oxygen atoms in total. The number of ether oxygens (including phenoxy) is 1. The molecular formula is C12H13N3O2S. The van der Waals surface area contributed by atoms with Crippen molar-refractivity contribution >= 4 is 18.0 Å². The molecule has 0 atom stereocenters. The molecule has 18 heavy (non-hydrogen) atoms. The van der Waals surface area contributed by atoms with Crippen LogP contribution in [0.3, 0.4) is 0 Å². The van der Waals surface area contributed by atoms with Crippen molar-refractivity contribution in [2.45, 2.75) is 10.9 Å². The lowest BCUT2D eigenvalue weighted by Crippen LogP contribution is -1.95. The van der Waals surface area contributed by atoms with Crippen LogP contribution in [0.4, 0.5) is 0 Å². The third kappa shape index (κ3) is 2.70. The van der Waals surface area contributed by atoms with Gasteiger partial charge in [0, 0.05) is 23.9 Å². The van der Waals surface area contributed by atoms with E-state index in [1.165, 1.54) is 6.33 Å². The smallest absolute Gasteiger partial charge is 0.186 e. The van der Waals surface area contributed by atoms with Crippen LogP contribution < -0.4 is 4.74 Å². The summed E-state index contributed by atoms with van der Waals surface area (Å²) < 4.78 is 6.98. The molecule has 0 aliphatic heterocycles. The van der Waals surface area contributed by atoms with Gasteiger partial charge >= 0.3 is 0 Å². The Kier molecular flexibility index (Phi) is 3.99. The maximum Gasteiger partial charge on any atom is 0.186 e. The zero-order valence-electron chi connectivity index (χ0n) is 10.2. The summed E-state index contributed by atoms with van der Waals surface area (Å²) in [5, 5.41) is 4.83. The highest BCUT2D eigenvalue weighted by molar-refractivity contribution is 7.98. The number of aldehydes is 1. The van der Waals surface area contributed by atoms with Gasteiger partial charge in [-0.3, -0.25) is 4.79 Å². The van der Waals surface area contributed by atoms with Crippen molar-refractivity contribution in [3.05, 3.63) is 35.7 Å². The standard InChI is InChI=1S/C12H13N3O2S/c1-15-12(13-8-14-15)18-7-10-5-9(6-16)3-4-11(10)17-2/h3-6,8H,7H2,1-2H3. The van der Waals surface area contributed by atoms with Gasteiger partial charge in [0.1, 0.15) is 18.4 Å². The summed E-state index contributed by atoms with van der Waals surface area (Å²) in [7, 11) is 3.46. The molecule has 1 heterocycles. The summed E-state index contributed by atoms with van der Waals surface area (Å²) in [6.07, 6.45) is 2.34. The van der Waals surface area contributed by atoms with E-state index >= 15 is 0 Å². The van der Waals surface area contributed by atoms with Crippen molar-refractivity contribution < 1.29 is 9.53 Å². The number of hydrogen-bond acceptors (Lipinski definition) is 5. The van der Waals surface area contributed by atoms with Crippen LogP contribution in [0.25, 0.3) is 0 Å². The summed E-state index contributed by atoms with van der Waals surface area (Å²) in [5.41, 5.74) is 1.61. The predicted molar refractivity (Wildman–Crippen MR) is 68.9 cm³/mol. The fourth-order valence-electron chi connectivity index (χ4n) is 1.54. The van der Waals surface area contributed by atoms with Crippen LogP contribution in [0.1, 0.15) is 15.9 Å². The summed E-state index contributed by atoms with van der Waals surface area (Å²) in [6, 6.07) is 5.37. The number of methoxy groups -OCH3 is 1. The van der Waals surface area contributed by atoms with Crippen molar-refractivity contribution in [1.29, 1.82) is 0 Å². The quantitative estimate of drug-likeness (QED) is 0.609. The molecule has 0 bridgehead atoms. The van der Waals surface area contributed by atoms with Crippen LogP contribution in [-0.4, -0.2) is 28.2 Å². The summed E-state index contributed by atoms with van der Waals surface area (Å²) in [4.78, 5) is 14.9. The molecule has 0 unspecified atom stereocenters. The van der Waals surface area contributed by atoms with Gasteiger partial charge in [-0.2, -0.15) is 5.10 Å². The highest BCUT2D eigenvalue weighted by atomic mass is 32.2. The number of thioether (sulfide) groups is 1. The average molecular weight is 263 g/mol. The molecule has 0 fully saturated rings. The van der Waals surface area contributed by atoms with Gasteiger partial charge in [-0.05, 0) is 18.2 Å². The van der Waals surface area contributed by atoms with Crippen LogP contribution >= 0.6 is 11.8 Å². The minimum Gasteiger partial charge on any atom is -0.496 e. The molecule has 1 aromatic heterocycles. The molecule has 0 spiro atoms. The second-order valence-corrected chi connectivity index (χ2v) is 4.59. The SMILES string of the molecule is COc1ccc(C=O)cc1CSc1ncnn1C. The largest absolute Gasteiger partial charge is 0.496 e. The molecule has 0 saturated heterocycles. The van der Waals surface area contributed by atoms with E-state index in [1.54, 1.807) is 35.7 Å². The summed E-state index contributed by atoms with van der Waals surface area (Å²) >= 11 is 1.55. The Labute approximate surface area is 109 Å². The first kappa shape index (κ1) is 12.6. The zero-order valence-corrected chi connectivity index (χ0v) is 11.0. The molecule has 94 valence electrons. The van der Waals surface area contributed by atoms with Gasteiger partial charge in [-0.15, -0.1) is 0 Å². The maximum absolute atomic E-state index is 10.8. The monoisotopic (exact) mass is 263 g/mol. The summed E-state index contributed by atoms with van der Waals surface area (Å²) in [5.74, 6) is 1.45. The number of rotatable bonds is 5. The van der Waals surface area contributed by atoms with Crippen molar-refractivity contribution in [1.82, 2.24) is 14.8 Å². The number of hydrogen-bond donors (Lipinski definition) is 0. The van der Waals surface area contributed by atoms with Gasteiger partial charge in [-0.25, -0.2) is 9.67 Å². The molecular weight excluding hydrogens is 250 g/mol. The number of aromatic nitrogens is 3. The van der Waals surface area contributed by atoms with E-state index in [0.717, 1.165) is 22.8 Å². The molecule has 0 aliphatic rings. The Morgan fingerprint density at radius 3 is 2.94 bits per heavy atom. The molecule has 0 saturated carbocycles. The lowest BCUT2D eigenvalue weighted by atomic mass is 10.1. The third-order valence-electron chi connectivity index (χ3n) is 2.47. The number of benzene rings is 1. The number of nitrogens with zero attached hydrogens (tertiary/aromatic N) is 3. The second kappa shape index (κ2) is 5.68. The van der Waals surface area contributed by atoms with Crippen LogP contribution in [0.15, 0.2) is 29.7 Å². The van der Waals surface area contributed by atoms with Crippen molar-refractivity contribution in [2.75, 3.05) is 7.11 Å². The normalized spacial score (nSPS) is 10.3. The van der Waals surface area contributed by atoms with E-state index in [0.29, 0.717) is 11.3 Å². The molecule has 0 aliphatic carbocycles. The lowest BCUT2D eigenvalue weighted by molar-refractivity contribution is 0.112. The van der Waals surface area contributed by atoms with E-state index < -0.39 is 0 Å². The maximum atomic E-state index is 10.8. The molecule has 0 amide bonds. The van der Waals surface area contributed by atoms with Crippen molar-refractivity contribution in [3.63, 3.8) is 0 Å². The highest BCUT2D eigenvalue weighted by Crippen LogP contribution is 2.27. The zero-order chi connectivity index (χ0) is 13.0. The first-order chi connectivity index (χ1) is 8.74. The Morgan fingerprint density at radius 2 is 2.33 bits per heavy atom.